The zero-order valence-corrected chi connectivity index (χ0v) is 12.2. The third-order valence-electron chi connectivity index (χ3n) is 3.06. The van der Waals surface area contributed by atoms with E-state index in [2.05, 4.69) is 10.6 Å². The van der Waals surface area contributed by atoms with Crippen LogP contribution in [0.15, 0.2) is 30.3 Å². The number of hydrogen-bond acceptors (Lipinski definition) is 3. The second-order valence-electron chi connectivity index (χ2n) is 4.69. The van der Waals surface area contributed by atoms with Crippen molar-refractivity contribution in [3.63, 3.8) is 0 Å². The van der Waals surface area contributed by atoms with Crippen LogP contribution in [0.3, 0.4) is 0 Å². The van der Waals surface area contributed by atoms with Crippen LogP contribution in [-0.4, -0.2) is 31.2 Å². The minimum atomic E-state index is -0.688. The summed E-state index contributed by atoms with van der Waals surface area (Å²) in [6, 6.07) is 8.52. The van der Waals surface area contributed by atoms with Gasteiger partial charge in [0.05, 0.1) is 7.11 Å². The fraction of sp³-hybridized carbons (Fsp3) is 0.467. The SMILES string of the molecule is CCC(C)NC(=O)NC(Cc1ccccc1)C(=O)OC. The van der Waals surface area contributed by atoms with Gasteiger partial charge in [0.2, 0.25) is 0 Å². The lowest BCUT2D eigenvalue weighted by atomic mass is 10.1. The molecule has 1 aromatic carbocycles. The van der Waals surface area contributed by atoms with Crippen LogP contribution in [0.25, 0.3) is 0 Å². The molecule has 0 spiro atoms. The largest absolute Gasteiger partial charge is 0.467 e. The molecule has 0 aliphatic rings. The first-order valence-corrected chi connectivity index (χ1v) is 6.75. The highest BCUT2D eigenvalue weighted by molar-refractivity contribution is 5.83. The first kappa shape index (κ1) is 16.0. The zero-order chi connectivity index (χ0) is 15.0. The van der Waals surface area contributed by atoms with Gasteiger partial charge < -0.3 is 15.4 Å². The quantitative estimate of drug-likeness (QED) is 0.781. The Hall–Kier alpha value is -2.04. The Balaban J connectivity index is 2.65. The smallest absolute Gasteiger partial charge is 0.328 e. The number of amides is 2. The molecule has 5 nitrogen and oxygen atoms in total. The standard InChI is InChI=1S/C15H22N2O3/c1-4-11(2)16-15(19)17-13(14(18)20-3)10-12-8-6-5-7-9-12/h5-9,11,13H,4,10H2,1-3H3,(H2,16,17,19). The summed E-state index contributed by atoms with van der Waals surface area (Å²) < 4.78 is 4.74. The molecule has 5 heteroatoms. The molecule has 0 fully saturated rings. The molecule has 1 rings (SSSR count). The summed E-state index contributed by atoms with van der Waals surface area (Å²) in [6.45, 7) is 3.89. The Morgan fingerprint density at radius 1 is 1.20 bits per heavy atom. The van der Waals surface area contributed by atoms with E-state index in [1.54, 1.807) is 0 Å². The molecule has 0 saturated carbocycles. The van der Waals surface area contributed by atoms with Crippen LogP contribution in [0.1, 0.15) is 25.8 Å². The van der Waals surface area contributed by atoms with Crippen LogP contribution in [0.2, 0.25) is 0 Å². The predicted molar refractivity (Wildman–Crippen MR) is 77.4 cm³/mol. The minimum Gasteiger partial charge on any atom is -0.467 e. The van der Waals surface area contributed by atoms with Crippen LogP contribution in [-0.2, 0) is 16.0 Å². The van der Waals surface area contributed by atoms with Crippen molar-refractivity contribution in [2.45, 2.75) is 38.8 Å². The number of urea groups is 1. The lowest BCUT2D eigenvalue weighted by Crippen LogP contribution is -2.49. The van der Waals surface area contributed by atoms with E-state index in [4.69, 9.17) is 4.74 Å². The molecule has 2 atom stereocenters. The Morgan fingerprint density at radius 3 is 2.40 bits per heavy atom. The number of carbonyl (C=O) groups excluding carboxylic acids is 2. The molecule has 0 heterocycles. The monoisotopic (exact) mass is 278 g/mol. The first-order chi connectivity index (χ1) is 9.56. The van der Waals surface area contributed by atoms with Crippen molar-refractivity contribution < 1.29 is 14.3 Å². The molecule has 0 radical (unpaired) electrons. The molecule has 0 aromatic heterocycles. The van der Waals surface area contributed by atoms with Gasteiger partial charge in [-0.15, -0.1) is 0 Å². The number of benzene rings is 1. The lowest BCUT2D eigenvalue weighted by molar-refractivity contribution is -0.142. The maximum Gasteiger partial charge on any atom is 0.328 e. The number of ether oxygens (including phenoxy) is 1. The molecule has 2 unspecified atom stereocenters. The predicted octanol–water partition coefficient (Wildman–Crippen LogP) is 1.87. The number of hydrogen-bond donors (Lipinski definition) is 2. The number of methoxy groups -OCH3 is 1. The normalized spacial score (nSPS) is 13.2. The summed E-state index contributed by atoms with van der Waals surface area (Å²) in [5.74, 6) is -0.451. The molecule has 0 aliphatic heterocycles. The highest BCUT2D eigenvalue weighted by Gasteiger charge is 2.22. The topological polar surface area (TPSA) is 67.4 Å². The van der Waals surface area contributed by atoms with E-state index in [-0.39, 0.29) is 12.1 Å². The molecule has 2 amide bonds. The van der Waals surface area contributed by atoms with Gasteiger partial charge in [0.1, 0.15) is 6.04 Å². The average molecular weight is 278 g/mol. The van der Waals surface area contributed by atoms with Gasteiger partial charge in [0, 0.05) is 12.5 Å². The molecule has 1 aromatic rings. The maximum absolute atomic E-state index is 11.8. The zero-order valence-electron chi connectivity index (χ0n) is 12.2. The number of nitrogens with one attached hydrogen (secondary N) is 2. The fourth-order valence-electron chi connectivity index (χ4n) is 1.71. The first-order valence-electron chi connectivity index (χ1n) is 6.75. The van der Waals surface area contributed by atoms with Gasteiger partial charge in [-0.2, -0.15) is 0 Å². The highest BCUT2D eigenvalue weighted by atomic mass is 16.5. The Bertz CT molecular complexity index is 434. The van der Waals surface area contributed by atoms with Gasteiger partial charge in [0.15, 0.2) is 0 Å². The molecular weight excluding hydrogens is 256 g/mol. The average Bonchev–Trinajstić information content (AvgIpc) is 2.46. The minimum absolute atomic E-state index is 0.0602. The van der Waals surface area contributed by atoms with Crippen molar-refractivity contribution in [3.8, 4) is 0 Å². The van der Waals surface area contributed by atoms with Crippen molar-refractivity contribution in [3.05, 3.63) is 35.9 Å². The molecular formula is C15H22N2O3. The van der Waals surface area contributed by atoms with Gasteiger partial charge in [-0.3, -0.25) is 0 Å². The van der Waals surface area contributed by atoms with E-state index in [1.807, 2.05) is 44.2 Å². The van der Waals surface area contributed by atoms with Crippen LogP contribution >= 0.6 is 0 Å². The molecule has 0 bridgehead atoms. The second-order valence-corrected chi connectivity index (χ2v) is 4.69. The Kier molecular flexibility index (Phi) is 6.56. The van der Waals surface area contributed by atoms with Crippen LogP contribution in [0.5, 0.6) is 0 Å². The molecule has 0 aliphatic carbocycles. The van der Waals surface area contributed by atoms with Gasteiger partial charge in [-0.05, 0) is 18.9 Å². The third-order valence-corrected chi connectivity index (χ3v) is 3.06. The molecule has 0 saturated heterocycles. The number of rotatable bonds is 6. The van der Waals surface area contributed by atoms with Crippen LogP contribution < -0.4 is 10.6 Å². The van der Waals surface area contributed by atoms with Crippen molar-refractivity contribution in [2.75, 3.05) is 7.11 Å². The summed E-state index contributed by atoms with van der Waals surface area (Å²) in [4.78, 5) is 23.5. The Labute approximate surface area is 119 Å². The summed E-state index contributed by atoms with van der Waals surface area (Å²) in [7, 11) is 1.31. The van der Waals surface area contributed by atoms with E-state index in [9.17, 15) is 9.59 Å². The van der Waals surface area contributed by atoms with E-state index in [1.165, 1.54) is 7.11 Å². The summed E-state index contributed by atoms with van der Waals surface area (Å²) in [6.07, 6.45) is 1.23. The summed E-state index contributed by atoms with van der Waals surface area (Å²) in [5.41, 5.74) is 0.965. The Morgan fingerprint density at radius 2 is 1.85 bits per heavy atom. The highest BCUT2D eigenvalue weighted by Crippen LogP contribution is 2.04. The maximum atomic E-state index is 11.8. The molecule has 110 valence electrons. The van der Waals surface area contributed by atoms with Crippen LogP contribution in [0, 0.1) is 0 Å². The van der Waals surface area contributed by atoms with Crippen molar-refractivity contribution in [1.29, 1.82) is 0 Å². The van der Waals surface area contributed by atoms with E-state index < -0.39 is 12.0 Å². The van der Waals surface area contributed by atoms with E-state index in [0.717, 1.165) is 12.0 Å². The van der Waals surface area contributed by atoms with Gasteiger partial charge in [0.25, 0.3) is 0 Å². The van der Waals surface area contributed by atoms with Gasteiger partial charge in [-0.25, -0.2) is 9.59 Å². The van der Waals surface area contributed by atoms with Crippen LogP contribution in [0.4, 0.5) is 4.79 Å². The van der Waals surface area contributed by atoms with Gasteiger partial charge in [-0.1, -0.05) is 37.3 Å². The van der Waals surface area contributed by atoms with E-state index in [0.29, 0.717) is 6.42 Å². The lowest BCUT2D eigenvalue weighted by Gasteiger charge is -2.19. The number of carbonyl (C=O) groups is 2. The van der Waals surface area contributed by atoms with E-state index >= 15 is 0 Å². The van der Waals surface area contributed by atoms with Crippen molar-refractivity contribution in [1.82, 2.24) is 10.6 Å². The summed E-state index contributed by atoms with van der Waals surface area (Å²) in [5, 5.41) is 5.42. The summed E-state index contributed by atoms with van der Waals surface area (Å²) >= 11 is 0. The van der Waals surface area contributed by atoms with Crippen molar-refractivity contribution in [2.24, 2.45) is 0 Å². The molecule has 2 N–H and O–H groups in total. The van der Waals surface area contributed by atoms with Gasteiger partial charge >= 0.3 is 12.0 Å². The second kappa shape index (κ2) is 8.19. The third kappa shape index (κ3) is 5.30. The fourth-order valence-corrected chi connectivity index (χ4v) is 1.71. The molecule has 20 heavy (non-hydrogen) atoms. The number of esters is 1. The van der Waals surface area contributed by atoms with Crippen molar-refractivity contribution >= 4 is 12.0 Å².